The third-order valence-electron chi connectivity index (χ3n) is 4.31. The molecule has 1 aromatic heterocycles. The standard InChI is InChI=1S/C17H27N3O2S/c1-14-5-2-3-10-20(14)11-4-8-18-16(21)6-9-19-17(22)15-7-12-23-13-15/h7,12-14H,2-6,8-11H2,1H3,(H,18,21)(H,19,22). The van der Waals surface area contributed by atoms with Gasteiger partial charge >= 0.3 is 0 Å². The number of nitrogens with zero attached hydrogens (tertiary/aromatic N) is 1. The van der Waals surface area contributed by atoms with E-state index in [1.807, 2.05) is 5.38 Å². The van der Waals surface area contributed by atoms with E-state index < -0.39 is 0 Å². The van der Waals surface area contributed by atoms with Crippen molar-refractivity contribution >= 4 is 23.2 Å². The maximum absolute atomic E-state index is 11.8. The van der Waals surface area contributed by atoms with Crippen LogP contribution in [0.4, 0.5) is 0 Å². The Balaban J connectivity index is 1.51. The Labute approximate surface area is 142 Å². The summed E-state index contributed by atoms with van der Waals surface area (Å²) in [4.78, 5) is 26.0. The van der Waals surface area contributed by atoms with Crippen molar-refractivity contribution in [2.24, 2.45) is 0 Å². The molecule has 1 fully saturated rings. The lowest BCUT2D eigenvalue weighted by Crippen LogP contribution is -2.39. The fourth-order valence-corrected chi connectivity index (χ4v) is 3.51. The lowest BCUT2D eigenvalue weighted by molar-refractivity contribution is -0.120. The molecule has 0 radical (unpaired) electrons. The molecule has 6 heteroatoms. The summed E-state index contributed by atoms with van der Waals surface area (Å²) in [7, 11) is 0. The van der Waals surface area contributed by atoms with Crippen LogP contribution in [0.15, 0.2) is 16.8 Å². The van der Waals surface area contributed by atoms with Gasteiger partial charge in [0.05, 0.1) is 0 Å². The van der Waals surface area contributed by atoms with Gasteiger partial charge in [-0.05, 0) is 44.2 Å². The molecule has 0 saturated carbocycles. The number of likely N-dealkylation sites (tertiary alicyclic amines) is 1. The summed E-state index contributed by atoms with van der Waals surface area (Å²) in [6.07, 6.45) is 5.23. The average Bonchev–Trinajstić information content (AvgIpc) is 3.07. The lowest BCUT2D eigenvalue weighted by atomic mass is 10.0. The molecule has 0 spiro atoms. The molecule has 0 aliphatic carbocycles. The van der Waals surface area contributed by atoms with Gasteiger partial charge in [-0.1, -0.05) is 6.42 Å². The van der Waals surface area contributed by atoms with Gasteiger partial charge in [0.1, 0.15) is 0 Å². The second kappa shape index (κ2) is 9.67. The molecule has 2 rings (SSSR count). The molecule has 23 heavy (non-hydrogen) atoms. The van der Waals surface area contributed by atoms with E-state index in [2.05, 4.69) is 22.5 Å². The van der Waals surface area contributed by atoms with E-state index in [4.69, 9.17) is 0 Å². The number of piperidine rings is 1. The van der Waals surface area contributed by atoms with E-state index >= 15 is 0 Å². The maximum Gasteiger partial charge on any atom is 0.252 e. The van der Waals surface area contributed by atoms with Crippen molar-refractivity contribution in [3.05, 3.63) is 22.4 Å². The van der Waals surface area contributed by atoms with E-state index in [0.29, 0.717) is 31.1 Å². The predicted octanol–water partition coefficient (Wildman–Crippen LogP) is 2.25. The third-order valence-corrected chi connectivity index (χ3v) is 4.99. The number of nitrogens with one attached hydrogen (secondary N) is 2. The van der Waals surface area contributed by atoms with Crippen LogP contribution in [-0.2, 0) is 4.79 Å². The Morgan fingerprint density at radius 2 is 2.17 bits per heavy atom. The zero-order chi connectivity index (χ0) is 16.5. The van der Waals surface area contributed by atoms with Crippen molar-refractivity contribution in [2.45, 2.75) is 45.1 Å². The van der Waals surface area contributed by atoms with Crippen LogP contribution in [0.5, 0.6) is 0 Å². The molecule has 1 aromatic rings. The molecule has 1 aliphatic heterocycles. The maximum atomic E-state index is 11.8. The predicted molar refractivity (Wildman–Crippen MR) is 93.8 cm³/mol. The van der Waals surface area contributed by atoms with Crippen LogP contribution in [0.3, 0.4) is 0 Å². The van der Waals surface area contributed by atoms with E-state index in [-0.39, 0.29) is 11.8 Å². The first kappa shape index (κ1) is 17.9. The summed E-state index contributed by atoms with van der Waals surface area (Å²) < 4.78 is 0. The highest BCUT2D eigenvalue weighted by Crippen LogP contribution is 2.16. The minimum Gasteiger partial charge on any atom is -0.356 e. The third kappa shape index (κ3) is 6.31. The highest BCUT2D eigenvalue weighted by atomic mass is 32.1. The SMILES string of the molecule is CC1CCCCN1CCCNC(=O)CCNC(=O)c1ccsc1. The molecule has 5 nitrogen and oxygen atoms in total. The van der Waals surface area contributed by atoms with E-state index in [9.17, 15) is 9.59 Å². The largest absolute Gasteiger partial charge is 0.356 e. The normalized spacial score (nSPS) is 18.6. The van der Waals surface area contributed by atoms with Gasteiger partial charge in [-0.15, -0.1) is 0 Å². The Morgan fingerprint density at radius 1 is 1.30 bits per heavy atom. The van der Waals surface area contributed by atoms with E-state index in [0.717, 1.165) is 13.0 Å². The summed E-state index contributed by atoms with van der Waals surface area (Å²) in [5.74, 6) is -0.111. The van der Waals surface area contributed by atoms with Gasteiger partial charge in [0.2, 0.25) is 5.91 Å². The first-order valence-corrected chi connectivity index (χ1v) is 9.42. The van der Waals surface area contributed by atoms with Crippen molar-refractivity contribution in [1.82, 2.24) is 15.5 Å². The zero-order valence-electron chi connectivity index (χ0n) is 13.8. The number of hydrogen-bond acceptors (Lipinski definition) is 4. The van der Waals surface area contributed by atoms with E-state index in [1.54, 1.807) is 11.4 Å². The second-order valence-electron chi connectivity index (χ2n) is 6.10. The molecule has 0 aromatic carbocycles. The van der Waals surface area contributed by atoms with Gasteiger partial charge in [0.15, 0.2) is 0 Å². The van der Waals surface area contributed by atoms with Gasteiger partial charge in [-0.25, -0.2) is 0 Å². The quantitative estimate of drug-likeness (QED) is 0.715. The fourth-order valence-electron chi connectivity index (χ4n) is 2.87. The molecule has 1 saturated heterocycles. The van der Waals surface area contributed by atoms with Gasteiger partial charge < -0.3 is 15.5 Å². The molecule has 2 N–H and O–H groups in total. The molecular weight excluding hydrogens is 310 g/mol. The van der Waals surface area contributed by atoms with Crippen molar-refractivity contribution < 1.29 is 9.59 Å². The Bertz CT molecular complexity index is 490. The zero-order valence-corrected chi connectivity index (χ0v) is 14.7. The van der Waals surface area contributed by atoms with Gasteiger partial charge in [-0.3, -0.25) is 9.59 Å². The van der Waals surface area contributed by atoms with Crippen molar-refractivity contribution in [3.8, 4) is 0 Å². The summed E-state index contributed by atoms with van der Waals surface area (Å²) in [6.45, 7) is 5.61. The summed E-state index contributed by atoms with van der Waals surface area (Å²) in [5, 5.41) is 9.36. The number of rotatable bonds is 8. The number of amides is 2. The van der Waals surface area contributed by atoms with Gasteiger partial charge in [0, 0.05) is 43.0 Å². The number of carbonyl (C=O) groups is 2. The molecule has 1 unspecified atom stereocenters. The van der Waals surface area contributed by atoms with Crippen LogP contribution in [-0.4, -0.2) is 48.9 Å². The van der Waals surface area contributed by atoms with Crippen LogP contribution in [0.25, 0.3) is 0 Å². The Kier molecular flexibility index (Phi) is 7.55. The van der Waals surface area contributed by atoms with Crippen LogP contribution in [0.1, 0.15) is 49.4 Å². The molecule has 128 valence electrons. The smallest absolute Gasteiger partial charge is 0.252 e. The summed E-state index contributed by atoms with van der Waals surface area (Å²) in [5.41, 5.74) is 0.658. The Hall–Kier alpha value is -1.40. The van der Waals surface area contributed by atoms with E-state index in [1.165, 1.54) is 37.1 Å². The molecular formula is C17H27N3O2S. The first-order valence-electron chi connectivity index (χ1n) is 8.48. The van der Waals surface area contributed by atoms with Crippen molar-refractivity contribution in [1.29, 1.82) is 0 Å². The fraction of sp³-hybridized carbons (Fsp3) is 0.647. The van der Waals surface area contributed by atoms with Gasteiger partial charge in [0.25, 0.3) is 5.91 Å². The van der Waals surface area contributed by atoms with Crippen LogP contribution in [0.2, 0.25) is 0 Å². The minimum absolute atomic E-state index is 0.00214. The van der Waals surface area contributed by atoms with Crippen LogP contribution >= 0.6 is 11.3 Å². The monoisotopic (exact) mass is 337 g/mol. The van der Waals surface area contributed by atoms with Crippen molar-refractivity contribution in [2.75, 3.05) is 26.2 Å². The molecule has 0 bridgehead atoms. The van der Waals surface area contributed by atoms with Crippen LogP contribution < -0.4 is 10.6 Å². The number of thiophene rings is 1. The summed E-state index contributed by atoms with van der Waals surface area (Å²) in [6, 6.07) is 2.45. The van der Waals surface area contributed by atoms with Crippen molar-refractivity contribution in [3.63, 3.8) is 0 Å². The first-order chi connectivity index (χ1) is 11.2. The average molecular weight is 337 g/mol. The second-order valence-corrected chi connectivity index (χ2v) is 6.88. The summed E-state index contributed by atoms with van der Waals surface area (Å²) >= 11 is 1.49. The molecule has 2 heterocycles. The molecule has 1 atom stereocenters. The highest BCUT2D eigenvalue weighted by molar-refractivity contribution is 7.08. The minimum atomic E-state index is -0.113. The Morgan fingerprint density at radius 3 is 2.91 bits per heavy atom. The van der Waals surface area contributed by atoms with Gasteiger partial charge in [-0.2, -0.15) is 11.3 Å². The lowest BCUT2D eigenvalue weighted by Gasteiger charge is -2.33. The molecule has 2 amide bonds. The van der Waals surface area contributed by atoms with Crippen LogP contribution in [0, 0.1) is 0 Å². The highest BCUT2D eigenvalue weighted by Gasteiger charge is 2.17. The number of carbonyl (C=O) groups excluding carboxylic acids is 2. The topological polar surface area (TPSA) is 61.4 Å². The number of hydrogen-bond donors (Lipinski definition) is 2. The molecule has 1 aliphatic rings.